The summed E-state index contributed by atoms with van der Waals surface area (Å²) in [4.78, 5) is 24.4. The Morgan fingerprint density at radius 2 is 1.79 bits per heavy atom. The first-order valence-electron chi connectivity index (χ1n) is 7.26. The zero-order valence-electron chi connectivity index (χ0n) is 11.8. The number of carboxylic acids is 1. The minimum absolute atomic E-state index is 0.00552. The first-order chi connectivity index (χ1) is 9.16. The largest absolute Gasteiger partial charge is 0.480 e. The fraction of sp³-hybridized carbons (Fsp3) is 0.857. The van der Waals surface area contributed by atoms with Crippen LogP contribution in [-0.4, -0.2) is 39.6 Å². The summed E-state index contributed by atoms with van der Waals surface area (Å²) >= 11 is 1.52. The third kappa shape index (κ3) is 5.85. The predicted molar refractivity (Wildman–Crippen MR) is 78.2 cm³/mol. The second-order valence-corrected chi connectivity index (χ2v) is 6.09. The number of carbonyl (C=O) groups is 2. The van der Waals surface area contributed by atoms with Gasteiger partial charge in [-0.1, -0.05) is 45.4 Å². The summed E-state index contributed by atoms with van der Waals surface area (Å²) in [6.45, 7) is 2.20. The van der Waals surface area contributed by atoms with Gasteiger partial charge in [-0.2, -0.15) is 0 Å². The highest BCUT2D eigenvalue weighted by Gasteiger charge is 2.33. The number of thioether (sulfide) groups is 1. The van der Waals surface area contributed by atoms with Crippen molar-refractivity contribution in [1.82, 2.24) is 4.90 Å². The molecule has 19 heavy (non-hydrogen) atoms. The topological polar surface area (TPSA) is 57.6 Å². The van der Waals surface area contributed by atoms with E-state index in [9.17, 15) is 9.59 Å². The number of unbranched alkanes of at least 4 members (excludes halogenated alkanes) is 6. The van der Waals surface area contributed by atoms with Gasteiger partial charge in [0.25, 0.3) is 0 Å². The van der Waals surface area contributed by atoms with E-state index in [1.807, 2.05) is 0 Å². The van der Waals surface area contributed by atoms with Crippen molar-refractivity contribution >= 4 is 23.6 Å². The van der Waals surface area contributed by atoms with Crippen molar-refractivity contribution in [3.8, 4) is 0 Å². The lowest BCUT2D eigenvalue weighted by molar-refractivity contribution is -0.147. The van der Waals surface area contributed by atoms with Crippen LogP contribution in [0.4, 0.5) is 0 Å². The maximum atomic E-state index is 11.9. The highest BCUT2D eigenvalue weighted by atomic mass is 32.2. The van der Waals surface area contributed by atoms with Crippen molar-refractivity contribution in [2.24, 2.45) is 0 Å². The zero-order valence-corrected chi connectivity index (χ0v) is 12.6. The predicted octanol–water partition coefficient (Wildman–Crippen LogP) is 3.11. The minimum atomic E-state index is -0.877. The van der Waals surface area contributed by atoms with Gasteiger partial charge in [-0.05, 0) is 6.42 Å². The highest BCUT2D eigenvalue weighted by molar-refractivity contribution is 7.99. The maximum absolute atomic E-state index is 11.9. The van der Waals surface area contributed by atoms with Gasteiger partial charge in [0, 0.05) is 12.2 Å². The molecular formula is C14H25NO3S. The number of carbonyl (C=O) groups excluding carboxylic acids is 1. The quantitative estimate of drug-likeness (QED) is 0.662. The first kappa shape index (κ1) is 16.3. The summed E-state index contributed by atoms with van der Waals surface area (Å²) in [6.07, 6.45) is 8.73. The Labute approximate surface area is 119 Å². The fourth-order valence-corrected chi connectivity index (χ4v) is 3.44. The van der Waals surface area contributed by atoms with E-state index in [0.717, 1.165) is 12.8 Å². The van der Waals surface area contributed by atoms with E-state index < -0.39 is 12.0 Å². The van der Waals surface area contributed by atoms with Crippen LogP contribution in [0.2, 0.25) is 0 Å². The molecule has 1 amide bonds. The van der Waals surface area contributed by atoms with Crippen LogP contribution >= 0.6 is 11.8 Å². The molecular weight excluding hydrogens is 262 g/mol. The lowest BCUT2D eigenvalue weighted by Crippen LogP contribution is -2.41. The van der Waals surface area contributed by atoms with Crippen LogP contribution in [0.25, 0.3) is 0 Å². The van der Waals surface area contributed by atoms with Gasteiger partial charge in [0.1, 0.15) is 6.04 Å². The van der Waals surface area contributed by atoms with Gasteiger partial charge in [-0.15, -0.1) is 11.8 Å². The third-order valence-electron chi connectivity index (χ3n) is 3.48. The van der Waals surface area contributed by atoms with Crippen LogP contribution in [0.3, 0.4) is 0 Å². The van der Waals surface area contributed by atoms with Crippen LogP contribution in [-0.2, 0) is 9.59 Å². The molecule has 1 unspecified atom stereocenters. The molecule has 0 radical (unpaired) electrons. The van der Waals surface area contributed by atoms with Gasteiger partial charge in [0.15, 0.2) is 0 Å². The molecule has 1 heterocycles. The number of amides is 1. The Hall–Kier alpha value is -0.710. The average Bonchev–Trinajstić information content (AvgIpc) is 2.87. The molecule has 1 rings (SSSR count). The van der Waals surface area contributed by atoms with Gasteiger partial charge < -0.3 is 10.0 Å². The summed E-state index contributed by atoms with van der Waals surface area (Å²) in [7, 11) is 0. The number of nitrogens with zero attached hydrogens (tertiary/aromatic N) is 1. The summed E-state index contributed by atoms with van der Waals surface area (Å²) in [5, 5.41) is 9.02. The molecule has 0 aromatic heterocycles. The maximum Gasteiger partial charge on any atom is 0.327 e. The van der Waals surface area contributed by atoms with Crippen molar-refractivity contribution in [2.45, 2.75) is 64.3 Å². The van der Waals surface area contributed by atoms with E-state index >= 15 is 0 Å². The van der Waals surface area contributed by atoms with Gasteiger partial charge in [0.05, 0.1) is 5.88 Å². The average molecular weight is 287 g/mol. The lowest BCUT2D eigenvalue weighted by atomic mass is 10.1. The molecule has 0 aromatic carbocycles. The van der Waals surface area contributed by atoms with Gasteiger partial charge in [-0.25, -0.2) is 4.79 Å². The third-order valence-corrected chi connectivity index (χ3v) is 4.49. The van der Waals surface area contributed by atoms with Crippen LogP contribution in [0.1, 0.15) is 58.3 Å². The Morgan fingerprint density at radius 3 is 2.42 bits per heavy atom. The number of rotatable bonds is 9. The number of hydrogen-bond donors (Lipinski definition) is 1. The van der Waals surface area contributed by atoms with Crippen molar-refractivity contribution in [1.29, 1.82) is 0 Å². The molecule has 0 aromatic rings. The SMILES string of the molecule is CCCCCCCCCC(=O)N1CSCC1C(=O)O. The fourth-order valence-electron chi connectivity index (χ4n) is 2.27. The molecule has 1 aliphatic rings. The Balaban J connectivity index is 2.12. The molecule has 1 aliphatic heterocycles. The Kier molecular flexibility index (Phi) is 7.94. The highest BCUT2D eigenvalue weighted by Crippen LogP contribution is 2.22. The van der Waals surface area contributed by atoms with Crippen LogP contribution in [0.5, 0.6) is 0 Å². The molecule has 1 fully saturated rings. The van der Waals surface area contributed by atoms with E-state index in [2.05, 4.69) is 6.92 Å². The zero-order chi connectivity index (χ0) is 14.1. The van der Waals surface area contributed by atoms with E-state index in [-0.39, 0.29) is 5.91 Å². The molecule has 5 heteroatoms. The van der Waals surface area contributed by atoms with Crippen LogP contribution in [0.15, 0.2) is 0 Å². The van der Waals surface area contributed by atoms with Gasteiger partial charge in [-0.3, -0.25) is 4.79 Å². The number of carboxylic acid groups (broad SMARTS) is 1. The molecule has 110 valence electrons. The number of hydrogen-bond acceptors (Lipinski definition) is 3. The minimum Gasteiger partial charge on any atom is -0.480 e. The van der Waals surface area contributed by atoms with Crippen LogP contribution < -0.4 is 0 Å². The monoisotopic (exact) mass is 287 g/mol. The van der Waals surface area contributed by atoms with Crippen molar-refractivity contribution in [3.05, 3.63) is 0 Å². The molecule has 4 nitrogen and oxygen atoms in total. The standard InChI is InChI=1S/C14H25NO3S/c1-2-3-4-5-6-7-8-9-13(16)15-11-19-10-12(15)14(17)18/h12H,2-11H2,1H3,(H,17,18). The van der Waals surface area contributed by atoms with Gasteiger partial charge >= 0.3 is 5.97 Å². The van der Waals surface area contributed by atoms with Gasteiger partial charge in [0.2, 0.25) is 5.91 Å². The Bertz CT molecular complexity index is 296. The normalized spacial score (nSPS) is 18.8. The number of aliphatic carboxylic acids is 1. The van der Waals surface area contributed by atoms with Crippen molar-refractivity contribution < 1.29 is 14.7 Å². The smallest absolute Gasteiger partial charge is 0.327 e. The van der Waals surface area contributed by atoms with Crippen LogP contribution in [0, 0.1) is 0 Å². The van der Waals surface area contributed by atoms with Crippen molar-refractivity contribution in [2.75, 3.05) is 11.6 Å². The van der Waals surface area contributed by atoms with Crippen molar-refractivity contribution in [3.63, 3.8) is 0 Å². The summed E-state index contributed by atoms with van der Waals surface area (Å²) < 4.78 is 0. The molecule has 1 saturated heterocycles. The molecule has 0 bridgehead atoms. The second kappa shape index (κ2) is 9.23. The molecule has 1 atom stereocenters. The second-order valence-electron chi connectivity index (χ2n) is 5.09. The van der Waals surface area contributed by atoms with E-state index in [0.29, 0.717) is 18.1 Å². The molecule has 0 saturated carbocycles. The molecule has 0 aliphatic carbocycles. The van der Waals surface area contributed by atoms with E-state index in [1.54, 1.807) is 0 Å². The lowest BCUT2D eigenvalue weighted by Gasteiger charge is -2.20. The summed E-state index contributed by atoms with van der Waals surface area (Å²) in [5.41, 5.74) is 0. The summed E-state index contributed by atoms with van der Waals surface area (Å²) in [6, 6.07) is -0.609. The molecule has 1 N–H and O–H groups in total. The van der Waals surface area contributed by atoms with E-state index in [1.165, 1.54) is 48.8 Å². The summed E-state index contributed by atoms with van der Waals surface area (Å²) in [5.74, 6) is 0.188. The first-order valence-corrected chi connectivity index (χ1v) is 8.42. The Morgan fingerprint density at radius 1 is 1.16 bits per heavy atom. The van der Waals surface area contributed by atoms with E-state index in [4.69, 9.17) is 5.11 Å². The molecule has 0 spiro atoms.